The van der Waals surface area contributed by atoms with Gasteiger partial charge in [0.15, 0.2) is 10.8 Å². The monoisotopic (exact) mass is 501 g/mol. The molecule has 4 rings (SSSR count). The zero-order valence-electron chi connectivity index (χ0n) is 19.8. The van der Waals surface area contributed by atoms with Crippen LogP contribution in [0.2, 0.25) is 0 Å². The van der Waals surface area contributed by atoms with Gasteiger partial charge in [0.05, 0.1) is 24.1 Å². The Hall–Kier alpha value is -3.35. The minimum atomic E-state index is -1.31. The Kier molecular flexibility index (Phi) is 6.88. The van der Waals surface area contributed by atoms with Gasteiger partial charge in [-0.15, -0.1) is 11.3 Å². The van der Waals surface area contributed by atoms with Crippen LogP contribution in [0.15, 0.2) is 34.7 Å². The molecule has 1 aliphatic heterocycles. The van der Waals surface area contributed by atoms with Crippen LogP contribution in [0.3, 0.4) is 0 Å². The predicted molar refractivity (Wildman–Crippen MR) is 131 cm³/mol. The summed E-state index contributed by atoms with van der Waals surface area (Å²) in [5.41, 5.74) is -1.21. The van der Waals surface area contributed by atoms with Gasteiger partial charge in [0, 0.05) is 38.0 Å². The van der Waals surface area contributed by atoms with Gasteiger partial charge in [-0.2, -0.15) is 0 Å². The van der Waals surface area contributed by atoms with Gasteiger partial charge in [-0.3, -0.25) is 19.5 Å². The molecule has 1 fully saturated rings. The summed E-state index contributed by atoms with van der Waals surface area (Å²) in [4.78, 5) is 47.5. The number of esters is 1. The first-order chi connectivity index (χ1) is 16.6. The van der Waals surface area contributed by atoms with Crippen LogP contribution in [0.1, 0.15) is 31.1 Å². The van der Waals surface area contributed by atoms with Crippen molar-refractivity contribution in [1.29, 1.82) is 0 Å². The minimum Gasteiger partial charge on any atom is -0.477 e. The van der Waals surface area contributed by atoms with E-state index in [1.54, 1.807) is 30.8 Å². The maximum atomic E-state index is 12.8. The fourth-order valence-electron chi connectivity index (χ4n) is 3.99. The molecule has 1 aliphatic rings. The van der Waals surface area contributed by atoms with Gasteiger partial charge in [0.2, 0.25) is 5.43 Å². The zero-order valence-corrected chi connectivity index (χ0v) is 20.7. The Morgan fingerprint density at radius 1 is 1.29 bits per heavy atom. The number of methoxy groups -OCH3 is 1. The van der Waals surface area contributed by atoms with Gasteiger partial charge in [0.1, 0.15) is 17.0 Å². The van der Waals surface area contributed by atoms with E-state index in [1.165, 1.54) is 22.1 Å². The molecule has 2 atom stereocenters. The summed E-state index contributed by atoms with van der Waals surface area (Å²) in [7, 11) is 1.61. The molecule has 1 saturated heterocycles. The molecular formula is C23H27N5O6S. The highest BCUT2D eigenvalue weighted by Gasteiger charge is 2.34. The quantitative estimate of drug-likeness (QED) is 0.460. The first-order valence-electron chi connectivity index (χ1n) is 11.0. The van der Waals surface area contributed by atoms with Crippen LogP contribution in [0.4, 0.5) is 5.82 Å². The molecular weight excluding hydrogens is 474 g/mol. The number of thiazole rings is 1. The maximum Gasteiger partial charge on any atom is 0.341 e. The van der Waals surface area contributed by atoms with E-state index in [9.17, 15) is 19.5 Å². The maximum absolute atomic E-state index is 12.8. The van der Waals surface area contributed by atoms with E-state index < -0.39 is 17.0 Å². The van der Waals surface area contributed by atoms with Crippen molar-refractivity contribution in [2.24, 2.45) is 0 Å². The lowest BCUT2D eigenvalue weighted by Crippen LogP contribution is -2.44. The Morgan fingerprint density at radius 2 is 2.06 bits per heavy atom. The van der Waals surface area contributed by atoms with Crippen LogP contribution < -0.4 is 15.6 Å². The van der Waals surface area contributed by atoms with Crippen molar-refractivity contribution in [3.05, 3.63) is 45.7 Å². The Bertz CT molecular complexity index is 1300. The molecule has 0 aliphatic carbocycles. The molecule has 35 heavy (non-hydrogen) atoms. The van der Waals surface area contributed by atoms with Crippen LogP contribution >= 0.6 is 11.3 Å². The zero-order chi connectivity index (χ0) is 25.3. The summed E-state index contributed by atoms with van der Waals surface area (Å²) in [5.74, 6) is -1.07. The number of anilines is 1. The van der Waals surface area contributed by atoms with E-state index >= 15 is 0 Å². The van der Waals surface area contributed by atoms with Crippen LogP contribution in [0.5, 0.6) is 0 Å². The molecule has 2 N–H and O–H groups in total. The molecule has 0 radical (unpaired) electrons. The lowest BCUT2D eigenvalue weighted by molar-refractivity contribution is -0.153. The second kappa shape index (κ2) is 9.72. The third kappa shape index (κ3) is 5.34. The van der Waals surface area contributed by atoms with E-state index in [4.69, 9.17) is 14.5 Å². The summed E-state index contributed by atoms with van der Waals surface area (Å²) >= 11 is 1.30. The highest BCUT2D eigenvalue weighted by atomic mass is 32.1. The number of fused-ring (bicyclic) bond motifs is 1. The van der Waals surface area contributed by atoms with E-state index in [0.717, 1.165) is 0 Å². The van der Waals surface area contributed by atoms with Crippen molar-refractivity contribution in [3.8, 4) is 5.13 Å². The summed E-state index contributed by atoms with van der Waals surface area (Å²) in [6.45, 7) is 6.51. The number of aromatic nitrogens is 3. The van der Waals surface area contributed by atoms with Crippen LogP contribution in [0, 0.1) is 0 Å². The molecule has 0 aromatic carbocycles. The lowest BCUT2D eigenvalue weighted by atomic mass is 10.2. The van der Waals surface area contributed by atoms with Gasteiger partial charge >= 0.3 is 11.9 Å². The molecule has 4 heterocycles. The summed E-state index contributed by atoms with van der Waals surface area (Å²) in [6.07, 6.45) is 2.65. The van der Waals surface area contributed by atoms with Gasteiger partial charge in [-0.1, -0.05) is 0 Å². The molecule has 0 amide bonds. The molecule has 0 bridgehead atoms. The highest BCUT2D eigenvalue weighted by molar-refractivity contribution is 7.12. The molecule has 186 valence electrons. The summed E-state index contributed by atoms with van der Waals surface area (Å²) < 4.78 is 12.5. The average molecular weight is 502 g/mol. The fourth-order valence-corrected chi connectivity index (χ4v) is 4.61. The van der Waals surface area contributed by atoms with Crippen molar-refractivity contribution in [1.82, 2.24) is 19.9 Å². The number of carbonyl (C=O) groups is 2. The van der Waals surface area contributed by atoms with Gasteiger partial charge in [-0.05, 0) is 32.9 Å². The second-order valence-corrected chi connectivity index (χ2v) is 10.0. The SMILES string of the molecule is CO[C@@H]1CN(c2ccc3c(=O)c(C(=O)O)cn(-c4nccs4)c3n2)C[C@H]1NCC(=O)OC(C)(C)C. The number of hydrogen-bond acceptors (Lipinski definition) is 10. The number of nitrogens with one attached hydrogen (secondary N) is 1. The Morgan fingerprint density at radius 3 is 2.69 bits per heavy atom. The van der Waals surface area contributed by atoms with Crippen molar-refractivity contribution in [3.63, 3.8) is 0 Å². The number of aromatic carboxylic acids is 1. The van der Waals surface area contributed by atoms with Crippen molar-refractivity contribution in [2.75, 3.05) is 31.6 Å². The van der Waals surface area contributed by atoms with Gasteiger partial charge in [-0.25, -0.2) is 14.8 Å². The number of rotatable bonds is 7. The highest BCUT2D eigenvalue weighted by Crippen LogP contribution is 2.25. The number of hydrogen-bond donors (Lipinski definition) is 2. The molecule has 0 unspecified atom stereocenters. The predicted octanol–water partition coefficient (Wildman–Crippen LogP) is 1.68. The second-order valence-electron chi connectivity index (χ2n) is 9.16. The van der Waals surface area contributed by atoms with E-state index in [2.05, 4.69) is 10.3 Å². The third-order valence-corrected chi connectivity index (χ3v) is 6.28. The molecule has 12 heteroatoms. The number of carboxylic acid groups (broad SMARTS) is 1. The fraction of sp³-hybridized carbons (Fsp3) is 0.435. The molecule has 11 nitrogen and oxygen atoms in total. The van der Waals surface area contributed by atoms with Gasteiger partial charge in [0.25, 0.3) is 0 Å². The smallest absolute Gasteiger partial charge is 0.341 e. The molecule has 3 aromatic rings. The number of nitrogens with zero attached hydrogens (tertiary/aromatic N) is 4. The van der Waals surface area contributed by atoms with Crippen LogP contribution in [0.25, 0.3) is 16.2 Å². The first-order valence-corrected chi connectivity index (χ1v) is 11.9. The summed E-state index contributed by atoms with van der Waals surface area (Å²) in [5, 5.41) is 15.1. The minimum absolute atomic E-state index is 0.0440. The number of carbonyl (C=O) groups excluding carboxylic acids is 1. The van der Waals surface area contributed by atoms with E-state index in [1.807, 2.05) is 25.7 Å². The molecule has 0 saturated carbocycles. The van der Waals surface area contributed by atoms with Crippen molar-refractivity contribution < 1.29 is 24.2 Å². The van der Waals surface area contributed by atoms with E-state index in [-0.39, 0.29) is 35.6 Å². The number of ether oxygens (including phenoxy) is 2. The topological polar surface area (TPSA) is 136 Å². The van der Waals surface area contributed by atoms with Gasteiger partial charge < -0.3 is 19.5 Å². The van der Waals surface area contributed by atoms with Crippen LogP contribution in [-0.2, 0) is 14.3 Å². The summed E-state index contributed by atoms with van der Waals surface area (Å²) in [6, 6.07) is 3.12. The average Bonchev–Trinajstić information content (AvgIpc) is 3.46. The molecule has 0 spiro atoms. The lowest BCUT2D eigenvalue weighted by Gasteiger charge is -2.22. The standard InChI is InChI=1S/C23H27N5O6S/c1-23(2,3)34-18(29)9-25-15-11-27(12-16(15)33-4)17-6-5-13-19(30)14(21(31)32)10-28(20(13)26-17)22-24-7-8-35-22/h5-8,10,15-16,25H,9,11-12H2,1-4H3,(H,31,32)/t15-,16-/m1/s1. The largest absolute Gasteiger partial charge is 0.477 e. The third-order valence-electron chi connectivity index (χ3n) is 5.51. The molecule has 3 aromatic heterocycles. The van der Waals surface area contributed by atoms with Crippen LogP contribution in [-0.4, -0.2) is 76.1 Å². The van der Waals surface area contributed by atoms with E-state index in [0.29, 0.717) is 29.7 Å². The number of pyridine rings is 2. The Balaban J connectivity index is 1.63. The van der Waals surface area contributed by atoms with Crippen molar-refractivity contribution >= 4 is 40.1 Å². The number of carboxylic acids is 1. The first kappa shape index (κ1) is 24.8. The van der Waals surface area contributed by atoms with Crippen molar-refractivity contribution in [2.45, 2.75) is 38.5 Å². The normalized spacial score (nSPS) is 18.2. The Labute approximate surface area is 205 Å².